The largest absolute Gasteiger partial charge is 0.481 e. The lowest BCUT2D eigenvalue weighted by molar-refractivity contribution is -0.143. The van der Waals surface area contributed by atoms with E-state index in [1.54, 1.807) is 30.3 Å². The first-order chi connectivity index (χ1) is 36.5. The molecule has 1 aromatic carbocycles. The Morgan fingerprint density at radius 1 is 0.429 bits per heavy atom. The Balaban J connectivity index is 3.00. The predicted molar refractivity (Wildman–Crippen MR) is 276 cm³/mol. The van der Waals surface area contributed by atoms with Crippen molar-refractivity contribution < 1.29 is 88.2 Å². The SMILES string of the molecule is CCCCCCCCCCCCCCCCCC(=O)N[C@@H](CC(=O)O)C(=O)N[C@@H](CCC(=O)O)C(=O)N[C@@H](CCC(=O)O)C(=O)N[C@H](C(=O)NCC(=O)N[C@@H](CCC(=O)O)C(=O)N[C@@H](Cc1ccccc1)C(=O)O)[C@@H](C)O. The minimum atomic E-state index is -1.92. The number of aliphatic carboxylic acids is 5. The number of rotatable bonds is 44. The van der Waals surface area contributed by atoms with Crippen molar-refractivity contribution in [2.75, 3.05) is 6.54 Å². The van der Waals surface area contributed by atoms with Crippen LogP contribution < -0.4 is 37.2 Å². The van der Waals surface area contributed by atoms with Crippen LogP contribution in [-0.4, -0.2) is 151 Å². The van der Waals surface area contributed by atoms with Gasteiger partial charge in [0.15, 0.2) is 0 Å². The number of unbranched alkanes of at least 4 members (excludes halogenated alkanes) is 14. The van der Waals surface area contributed by atoms with Crippen LogP contribution in [0.15, 0.2) is 30.3 Å². The van der Waals surface area contributed by atoms with Crippen molar-refractivity contribution in [3.05, 3.63) is 35.9 Å². The zero-order chi connectivity index (χ0) is 57.7. The van der Waals surface area contributed by atoms with Gasteiger partial charge in [-0.2, -0.15) is 0 Å². The Bertz CT molecular complexity index is 2070. The van der Waals surface area contributed by atoms with Crippen molar-refractivity contribution in [3.63, 3.8) is 0 Å². The van der Waals surface area contributed by atoms with Gasteiger partial charge in [-0.3, -0.25) is 52.7 Å². The summed E-state index contributed by atoms with van der Waals surface area (Å²) in [6.45, 7) is 2.29. The molecule has 7 amide bonds. The molecule has 77 heavy (non-hydrogen) atoms. The average molecular weight is 1090 g/mol. The molecule has 1 aromatic rings. The van der Waals surface area contributed by atoms with Crippen LogP contribution in [0.5, 0.6) is 0 Å². The van der Waals surface area contributed by atoms with Crippen LogP contribution in [0.3, 0.4) is 0 Å². The maximum Gasteiger partial charge on any atom is 0.326 e. The molecule has 0 heterocycles. The van der Waals surface area contributed by atoms with Crippen LogP contribution in [0.2, 0.25) is 0 Å². The van der Waals surface area contributed by atoms with E-state index < -0.39 is 165 Å². The molecule has 0 saturated heterocycles. The van der Waals surface area contributed by atoms with Crippen molar-refractivity contribution >= 4 is 71.2 Å². The number of carboxylic acid groups (broad SMARTS) is 5. The summed E-state index contributed by atoms with van der Waals surface area (Å²) < 4.78 is 0. The lowest BCUT2D eigenvalue weighted by Crippen LogP contribution is -2.60. The van der Waals surface area contributed by atoms with E-state index in [0.29, 0.717) is 18.4 Å². The monoisotopic (exact) mass is 1090 g/mol. The van der Waals surface area contributed by atoms with Crippen LogP contribution in [0.1, 0.15) is 167 Å². The number of carboxylic acids is 5. The molecule has 0 radical (unpaired) electrons. The number of amides is 7. The van der Waals surface area contributed by atoms with E-state index in [0.717, 1.165) is 32.6 Å². The number of aliphatic hydroxyl groups excluding tert-OH is 1. The highest BCUT2D eigenvalue weighted by Gasteiger charge is 2.34. The molecule has 0 aliphatic heterocycles. The summed E-state index contributed by atoms with van der Waals surface area (Å²) in [5.41, 5.74) is 0.541. The lowest BCUT2D eigenvalue weighted by Gasteiger charge is -2.27. The molecular weight excluding hydrogens is 1010 g/mol. The zero-order valence-electron chi connectivity index (χ0n) is 44.2. The third kappa shape index (κ3) is 32.1. The summed E-state index contributed by atoms with van der Waals surface area (Å²) in [4.78, 5) is 151. The molecule has 0 unspecified atom stereocenters. The Morgan fingerprint density at radius 2 is 0.818 bits per heavy atom. The fourth-order valence-electron chi connectivity index (χ4n) is 7.97. The molecule has 0 aliphatic carbocycles. The van der Waals surface area contributed by atoms with Gasteiger partial charge >= 0.3 is 29.8 Å². The summed E-state index contributed by atoms with van der Waals surface area (Å²) in [7, 11) is 0. The van der Waals surface area contributed by atoms with E-state index in [2.05, 4.69) is 44.1 Å². The van der Waals surface area contributed by atoms with E-state index in [-0.39, 0.29) is 12.8 Å². The highest BCUT2D eigenvalue weighted by Crippen LogP contribution is 2.15. The van der Waals surface area contributed by atoms with Gasteiger partial charge in [-0.05, 0) is 38.2 Å². The quantitative estimate of drug-likeness (QED) is 0.0416. The van der Waals surface area contributed by atoms with Crippen molar-refractivity contribution in [1.82, 2.24) is 37.2 Å². The number of nitrogens with one attached hydrogen (secondary N) is 7. The highest BCUT2D eigenvalue weighted by molar-refractivity contribution is 5.98. The first kappa shape index (κ1) is 67.8. The Morgan fingerprint density at radius 3 is 1.23 bits per heavy atom. The van der Waals surface area contributed by atoms with Crippen molar-refractivity contribution in [2.24, 2.45) is 0 Å². The summed E-state index contributed by atoms with van der Waals surface area (Å²) in [5, 5.41) is 73.3. The first-order valence-corrected chi connectivity index (χ1v) is 26.4. The second-order valence-electron chi connectivity index (χ2n) is 19.0. The van der Waals surface area contributed by atoms with Gasteiger partial charge < -0.3 is 67.9 Å². The minimum Gasteiger partial charge on any atom is -0.481 e. The summed E-state index contributed by atoms with van der Waals surface area (Å²) in [6.07, 6.45) is 9.64. The van der Waals surface area contributed by atoms with Gasteiger partial charge in [0.2, 0.25) is 41.4 Å². The minimum absolute atomic E-state index is 0.0378. The van der Waals surface area contributed by atoms with Crippen LogP contribution in [-0.2, 0) is 64.0 Å². The van der Waals surface area contributed by atoms with Gasteiger partial charge in [0, 0.05) is 32.1 Å². The van der Waals surface area contributed by atoms with Crippen molar-refractivity contribution in [2.45, 2.75) is 210 Å². The van der Waals surface area contributed by atoms with E-state index in [9.17, 15) is 88.2 Å². The topological polar surface area (TPSA) is 410 Å². The van der Waals surface area contributed by atoms with E-state index in [4.69, 9.17) is 0 Å². The second-order valence-corrected chi connectivity index (χ2v) is 19.0. The average Bonchev–Trinajstić information content (AvgIpc) is 3.36. The first-order valence-electron chi connectivity index (χ1n) is 26.4. The molecule has 432 valence electrons. The maximum atomic E-state index is 13.7. The fraction of sp³-hybridized carbons (Fsp3) is 0.654. The molecule has 25 heteroatoms. The van der Waals surface area contributed by atoms with Crippen molar-refractivity contribution in [3.8, 4) is 0 Å². The molecule has 0 fully saturated rings. The Hall–Kier alpha value is -7.18. The van der Waals surface area contributed by atoms with Gasteiger partial charge in [-0.25, -0.2) is 4.79 Å². The highest BCUT2D eigenvalue weighted by atomic mass is 16.4. The molecule has 0 aromatic heterocycles. The Kier molecular flexibility index (Phi) is 34.6. The second kappa shape index (κ2) is 39.2. The van der Waals surface area contributed by atoms with E-state index in [1.165, 1.54) is 57.8 Å². The zero-order valence-corrected chi connectivity index (χ0v) is 44.2. The Labute approximate surface area is 448 Å². The number of hydrogen-bond acceptors (Lipinski definition) is 13. The fourth-order valence-corrected chi connectivity index (χ4v) is 7.97. The van der Waals surface area contributed by atoms with Crippen LogP contribution >= 0.6 is 0 Å². The summed E-state index contributed by atoms with van der Waals surface area (Å²) >= 11 is 0. The van der Waals surface area contributed by atoms with Gasteiger partial charge in [-0.15, -0.1) is 0 Å². The third-order valence-electron chi connectivity index (χ3n) is 12.3. The van der Waals surface area contributed by atoms with E-state index >= 15 is 0 Å². The van der Waals surface area contributed by atoms with Gasteiger partial charge in [0.1, 0.15) is 36.3 Å². The van der Waals surface area contributed by atoms with Crippen molar-refractivity contribution in [1.29, 1.82) is 0 Å². The number of carbonyl (C=O) groups excluding carboxylic acids is 7. The van der Waals surface area contributed by atoms with Crippen LogP contribution in [0.4, 0.5) is 0 Å². The molecule has 7 atom stereocenters. The summed E-state index contributed by atoms with van der Waals surface area (Å²) in [6, 6.07) is -2.21. The maximum absolute atomic E-state index is 13.7. The molecule has 25 nitrogen and oxygen atoms in total. The van der Waals surface area contributed by atoms with Gasteiger partial charge in [-0.1, -0.05) is 127 Å². The normalized spacial score (nSPS) is 13.6. The third-order valence-corrected chi connectivity index (χ3v) is 12.3. The molecule has 0 aliphatic rings. The van der Waals surface area contributed by atoms with Crippen LogP contribution in [0, 0.1) is 0 Å². The molecule has 0 saturated carbocycles. The number of aliphatic hydroxyl groups is 1. The number of benzene rings is 1. The van der Waals surface area contributed by atoms with Crippen LogP contribution in [0.25, 0.3) is 0 Å². The smallest absolute Gasteiger partial charge is 0.326 e. The predicted octanol–water partition coefficient (Wildman–Crippen LogP) is 2.05. The molecule has 1 rings (SSSR count). The van der Waals surface area contributed by atoms with Gasteiger partial charge in [0.25, 0.3) is 0 Å². The standard InChI is InChI=1S/C52H81N7O18/c1-3-4-5-6-7-8-9-10-11-12-13-14-15-16-20-23-40(61)55-38(31-45(69)70)50(74)57-36(25-28-43(65)66)48(72)56-37(26-29-44(67)68)49(73)59-46(33(2)60)51(75)53-32-41(62)54-35(24-27-42(63)64)47(71)58-39(52(76)77)30-34-21-18-17-19-22-34/h17-19,21-22,33,35-39,46,60H,3-16,20,23-32H2,1-2H3,(H,53,75)(H,54,62)(H,55,61)(H,56,72)(H,57,74)(H,58,71)(H,59,73)(H,63,64)(H,65,66)(H,67,68)(H,69,70)(H,76,77)/t33-,35+,36+,37+,38+,39+,46+/m1/s1. The molecule has 13 N–H and O–H groups in total. The number of carbonyl (C=O) groups is 12. The van der Waals surface area contributed by atoms with Gasteiger partial charge in [0.05, 0.1) is 19.1 Å². The number of hydrogen-bond donors (Lipinski definition) is 13. The molecule has 0 spiro atoms. The molecule has 0 bridgehead atoms. The van der Waals surface area contributed by atoms with E-state index in [1.807, 2.05) is 0 Å². The summed E-state index contributed by atoms with van der Waals surface area (Å²) in [5.74, 6) is -14.9. The lowest BCUT2D eigenvalue weighted by atomic mass is 10.0. The molecular formula is C52H81N7O18.